The average molecular weight is 457 g/mol. The van der Waals surface area contributed by atoms with Crippen LogP contribution in [-0.4, -0.2) is 6.61 Å². The highest BCUT2D eigenvalue weighted by atomic mass is 32.1. The number of ether oxygens (including phenoxy) is 1. The average Bonchev–Trinajstić information content (AvgIpc) is 3.19. The van der Waals surface area contributed by atoms with Crippen LogP contribution in [0.1, 0.15) is 51.5 Å². The van der Waals surface area contributed by atoms with Crippen LogP contribution in [0, 0.1) is 29.3 Å². The maximum atomic E-state index is 15.4. The highest BCUT2D eigenvalue weighted by Crippen LogP contribution is 2.43. The third kappa shape index (κ3) is 3.55. The Bertz CT molecular complexity index is 1300. The molecule has 1 aliphatic carbocycles. The molecule has 5 heteroatoms. The minimum atomic E-state index is -0.610. The molecule has 0 N–H and O–H groups in total. The summed E-state index contributed by atoms with van der Waals surface area (Å²) in [5.41, 5.74) is 0.478. The molecular weight excluding hydrogens is 429 g/mol. The van der Waals surface area contributed by atoms with Crippen LogP contribution in [-0.2, 0) is 6.42 Å². The van der Waals surface area contributed by atoms with Crippen molar-refractivity contribution >= 4 is 42.3 Å². The van der Waals surface area contributed by atoms with Gasteiger partial charge < -0.3 is 4.74 Å². The number of hydrogen-bond donors (Lipinski definition) is 0. The zero-order chi connectivity index (χ0) is 22.4. The number of benzene rings is 3. The molecule has 0 amide bonds. The molecule has 0 unspecified atom stereocenters. The molecule has 1 nitrogen and oxygen atoms in total. The Hall–Kier alpha value is -2.27. The quantitative estimate of drug-likeness (QED) is 0.292. The second-order valence-electron chi connectivity index (χ2n) is 9.02. The number of fused-ring (bicyclic) bond motifs is 4. The summed E-state index contributed by atoms with van der Waals surface area (Å²) in [6.07, 6.45) is 6.38. The van der Waals surface area contributed by atoms with E-state index in [9.17, 15) is 4.39 Å². The minimum Gasteiger partial charge on any atom is -0.490 e. The third-order valence-electron chi connectivity index (χ3n) is 7.17. The van der Waals surface area contributed by atoms with E-state index in [1.807, 2.05) is 6.92 Å². The fourth-order valence-corrected chi connectivity index (χ4v) is 6.23. The van der Waals surface area contributed by atoms with Crippen LogP contribution >= 0.6 is 11.3 Å². The van der Waals surface area contributed by atoms with Gasteiger partial charge in [-0.3, -0.25) is 0 Å². The van der Waals surface area contributed by atoms with Crippen LogP contribution in [0.2, 0.25) is 0 Å². The Kier molecular flexibility index (Phi) is 5.79. The summed E-state index contributed by atoms with van der Waals surface area (Å²) in [6, 6.07) is 8.64. The standard InChI is InChI=1S/C27H27F3OS/c1-3-15-5-7-16(8-6-15)14-31-21-12-11-19-20-13-18-10-9-17(4-2)23(28)22(18)25(30)27(20)32-26(19)24(21)29/h9-13,15-16H,3-8,14H2,1-2H3. The normalized spacial score (nSPS) is 19.3. The highest BCUT2D eigenvalue weighted by Gasteiger charge is 2.23. The molecule has 1 aliphatic rings. The van der Waals surface area contributed by atoms with Gasteiger partial charge in [0, 0.05) is 10.8 Å². The summed E-state index contributed by atoms with van der Waals surface area (Å²) in [5, 5.41) is 1.73. The zero-order valence-electron chi connectivity index (χ0n) is 18.4. The Morgan fingerprint density at radius 2 is 1.56 bits per heavy atom. The molecule has 0 bridgehead atoms. The van der Waals surface area contributed by atoms with Crippen LogP contribution in [0.3, 0.4) is 0 Å². The molecule has 168 valence electrons. The SMILES string of the molecule is CCc1ccc2cc3c(sc4c(F)c(OCC5CCC(CC)CC5)ccc43)c(F)c2c1F. The summed E-state index contributed by atoms with van der Waals surface area (Å²) >= 11 is 1.03. The second-order valence-corrected chi connectivity index (χ2v) is 10.0. The van der Waals surface area contributed by atoms with E-state index in [4.69, 9.17) is 4.74 Å². The monoisotopic (exact) mass is 456 g/mol. The summed E-state index contributed by atoms with van der Waals surface area (Å²) < 4.78 is 52.1. The lowest BCUT2D eigenvalue weighted by atomic mass is 9.81. The second kappa shape index (κ2) is 8.58. The van der Waals surface area contributed by atoms with Gasteiger partial charge in [0.1, 0.15) is 5.82 Å². The van der Waals surface area contributed by atoms with Crippen LogP contribution in [0.4, 0.5) is 13.2 Å². The topological polar surface area (TPSA) is 9.23 Å². The van der Waals surface area contributed by atoms with Crippen molar-refractivity contribution in [3.05, 3.63) is 53.3 Å². The minimum absolute atomic E-state index is 0.0111. The van der Waals surface area contributed by atoms with Gasteiger partial charge in [0.25, 0.3) is 0 Å². The predicted octanol–water partition coefficient (Wildman–Crippen LogP) is 8.78. The molecule has 32 heavy (non-hydrogen) atoms. The van der Waals surface area contributed by atoms with Gasteiger partial charge in [-0.05, 0) is 60.2 Å². The van der Waals surface area contributed by atoms with Crippen molar-refractivity contribution in [1.29, 1.82) is 0 Å². The molecule has 1 fully saturated rings. The molecule has 0 aliphatic heterocycles. The predicted molar refractivity (Wildman–Crippen MR) is 127 cm³/mol. The van der Waals surface area contributed by atoms with E-state index in [2.05, 4.69) is 6.92 Å². The van der Waals surface area contributed by atoms with Crippen LogP contribution < -0.4 is 4.74 Å². The summed E-state index contributed by atoms with van der Waals surface area (Å²) in [5.74, 6) is -0.115. The van der Waals surface area contributed by atoms with Gasteiger partial charge in [0.05, 0.1) is 21.4 Å². The largest absolute Gasteiger partial charge is 0.490 e. The van der Waals surface area contributed by atoms with E-state index in [-0.39, 0.29) is 15.8 Å². The van der Waals surface area contributed by atoms with Gasteiger partial charge in [-0.1, -0.05) is 45.2 Å². The van der Waals surface area contributed by atoms with Crippen LogP contribution in [0.25, 0.3) is 30.9 Å². The number of thiophene rings is 1. The van der Waals surface area contributed by atoms with Gasteiger partial charge in [-0.25, -0.2) is 13.2 Å². The van der Waals surface area contributed by atoms with E-state index < -0.39 is 17.5 Å². The van der Waals surface area contributed by atoms with E-state index in [1.54, 1.807) is 30.3 Å². The Morgan fingerprint density at radius 3 is 2.28 bits per heavy atom. The van der Waals surface area contributed by atoms with Crippen molar-refractivity contribution in [1.82, 2.24) is 0 Å². The Morgan fingerprint density at radius 1 is 0.844 bits per heavy atom. The number of rotatable bonds is 5. The number of hydrogen-bond acceptors (Lipinski definition) is 2. The zero-order valence-corrected chi connectivity index (χ0v) is 19.3. The first-order valence-electron chi connectivity index (χ1n) is 11.6. The molecule has 1 heterocycles. The first-order chi connectivity index (χ1) is 15.5. The molecule has 1 saturated carbocycles. The van der Waals surface area contributed by atoms with Gasteiger partial charge >= 0.3 is 0 Å². The molecule has 0 atom stereocenters. The maximum Gasteiger partial charge on any atom is 0.182 e. The smallest absolute Gasteiger partial charge is 0.182 e. The summed E-state index contributed by atoms with van der Waals surface area (Å²) in [4.78, 5) is 0. The van der Waals surface area contributed by atoms with E-state index in [0.717, 1.165) is 30.1 Å². The van der Waals surface area contributed by atoms with E-state index in [1.165, 1.54) is 19.3 Å². The molecular formula is C27H27F3OS. The maximum absolute atomic E-state index is 15.4. The highest BCUT2D eigenvalue weighted by molar-refractivity contribution is 7.26. The van der Waals surface area contributed by atoms with Crippen molar-refractivity contribution in [3.63, 3.8) is 0 Å². The summed E-state index contributed by atoms with van der Waals surface area (Å²) in [7, 11) is 0. The molecule has 4 aromatic rings. The molecule has 0 saturated heterocycles. The van der Waals surface area contributed by atoms with Crippen molar-refractivity contribution < 1.29 is 17.9 Å². The Labute approximate surface area is 190 Å². The number of aryl methyl sites for hydroxylation is 1. The third-order valence-corrected chi connectivity index (χ3v) is 8.38. The van der Waals surface area contributed by atoms with Crippen molar-refractivity contribution in [3.8, 4) is 5.75 Å². The van der Waals surface area contributed by atoms with Crippen molar-refractivity contribution in [2.45, 2.75) is 52.4 Å². The molecule has 1 aromatic heterocycles. The van der Waals surface area contributed by atoms with Gasteiger partial charge in [0.2, 0.25) is 0 Å². The fourth-order valence-electron chi connectivity index (χ4n) is 5.08. The lowest BCUT2D eigenvalue weighted by Gasteiger charge is -2.27. The van der Waals surface area contributed by atoms with Gasteiger partial charge in [-0.2, -0.15) is 0 Å². The van der Waals surface area contributed by atoms with Gasteiger partial charge in [0.15, 0.2) is 17.4 Å². The van der Waals surface area contributed by atoms with Crippen LogP contribution in [0.15, 0.2) is 30.3 Å². The van der Waals surface area contributed by atoms with Crippen molar-refractivity contribution in [2.24, 2.45) is 11.8 Å². The molecule has 3 aromatic carbocycles. The lowest BCUT2D eigenvalue weighted by molar-refractivity contribution is 0.177. The van der Waals surface area contributed by atoms with E-state index in [0.29, 0.717) is 45.4 Å². The Balaban J connectivity index is 1.51. The van der Waals surface area contributed by atoms with Crippen LogP contribution in [0.5, 0.6) is 5.75 Å². The fraction of sp³-hybridized carbons (Fsp3) is 0.407. The first-order valence-corrected chi connectivity index (χ1v) is 12.4. The lowest BCUT2D eigenvalue weighted by Crippen LogP contribution is -2.20. The number of halogens is 3. The summed E-state index contributed by atoms with van der Waals surface area (Å²) in [6.45, 7) is 4.58. The molecule has 0 radical (unpaired) electrons. The van der Waals surface area contributed by atoms with Crippen molar-refractivity contribution in [2.75, 3.05) is 6.61 Å². The van der Waals surface area contributed by atoms with E-state index >= 15 is 8.78 Å². The molecule has 5 rings (SSSR count). The first kappa shape index (κ1) is 21.6. The van der Waals surface area contributed by atoms with Gasteiger partial charge in [-0.15, -0.1) is 11.3 Å². The molecule has 0 spiro atoms.